The number of aliphatic hydroxyl groups is 1. The predicted octanol–water partition coefficient (Wildman–Crippen LogP) is 2.89. The number of ether oxygens (including phenoxy) is 1. The van der Waals surface area contributed by atoms with Gasteiger partial charge in [-0.15, -0.1) is 0 Å². The van der Waals surface area contributed by atoms with Crippen LogP contribution in [-0.4, -0.2) is 77.3 Å². The Bertz CT molecular complexity index is 1150. The number of aliphatic hydroxyl groups excluding tert-OH is 1. The maximum atomic E-state index is 14.0. The quantitative estimate of drug-likeness (QED) is 0.600. The lowest BCUT2D eigenvalue weighted by Crippen LogP contribution is -2.51. The van der Waals surface area contributed by atoms with Crippen molar-refractivity contribution < 1.29 is 23.8 Å². The number of fused-ring (bicyclic) bond motifs is 1. The summed E-state index contributed by atoms with van der Waals surface area (Å²) < 4.78 is 20.2. The molecule has 1 aromatic carbocycles. The molecule has 1 aliphatic heterocycles. The van der Waals surface area contributed by atoms with E-state index in [0.29, 0.717) is 18.7 Å². The zero-order valence-corrected chi connectivity index (χ0v) is 21.1. The first-order valence-electron chi connectivity index (χ1n) is 12.1. The zero-order valence-electron chi connectivity index (χ0n) is 21.1. The third kappa shape index (κ3) is 6.52. The van der Waals surface area contributed by atoms with E-state index in [1.165, 1.54) is 12.3 Å². The number of pyridine rings is 1. The van der Waals surface area contributed by atoms with E-state index in [2.05, 4.69) is 22.1 Å². The minimum atomic E-state index is -0.453. The van der Waals surface area contributed by atoms with Crippen LogP contribution in [0.3, 0.4) is 0 Å². The van der Waals surface area contributed by atoms with Crippen LogP contribution in [0.4, 0.5) is 9.18 Å². The lowest BCUT2D eigenvalue weighted by molar-refractivity contribution is 0.0352. The molecule has 3 rings (SSSR count). The number of halogens is 1. The predicted molar refractivity (Wildman–Crippen MR) is 134 cm³/mol. The van der Waals surface area contributed by atoms with Gasteiger partial charge < -0.3 is 25.0 Å². The normalized spacial score (nSPS) is 18.1. The highest BCUT2D eigenvalue weighted by Gasteiger charge is 2.34. The van der Waals surface area contributed by atoms with Gasteiger partial charge in [0, 0.05) is 37.8 Å². The number of benzene rings is 1. The van der Waals surface area contributed by atoms with Gasteiger partial charge in [-0.1, -0.05) is 37.8 Å². The summed E-state index contributed by atoms with van der Waals surface area (Å²) in [6, 6.07) is 7.10. The lowest BCUT2D eigenvalue weighted by atomic mass is 10.00. The minimum absolute atomic E-state index is 0.130. The third-order valence-corrected chi connectivity index (χ3v) is 6.06. The maximum Gasteiger partial charge on any atom is 0.317 e. The molecule has 2 N–H and O–H groups in total. The average Bonchev–Trinajstić information content (AvgIpc) is 2.88. The molecule has 1 aliphatic rings. The van der Waals surface area contributed by atoms with Crippen molar-refractivity contribution in [2.75, 3.05) is 33.3 Å². The standard InChI is InChI=1S/C27H33FN4O4/c1-5-12-29-27(35)31(4)16-24-18(2)15-32(19(3)17-33)26(34)22-13-20(14-30-25(22)36-24)10-11-21-8-6-7-9-23(21)28/h6-9,13-14,18-19,24,33H,5,12,15-17H2,1-4H3,(H,29,35)/t18-,19+,24+/m1/s1. The molecule has 0 aliphatic carbocycles. The number of hydrogen-bond acceptors (Lipinski definition) is 5. The second kappa shape index (κ2) is 12.4. The Hall–Kier alpha value is -3.64. The Labute approximate surface area is 211 Å². The number of carbonyl (C=O) groups excluding carboxylic acids is 2. The van der Waals surface area contributed by atoms with Crippen molar-refractivity contribution in [2.45, 2.75) is 39.3 Å². The molecule has 0 saturated heterocycles. The number of aromatic nitrogens is 1. The van der Waals surface area contributed by atoms with E-state index in [-0.39, 0.29) is 48.0 Å². The lowest BCUT2D eigenvalue weighted by Gasteiger charge is -2.37. The van der Waals surface area contributed by atoms with E-state index >= 15 is 0 Å². The van der Waals surface area contributed by atoms with Crippen LogP contribution < -0.4 is 10.1 Å². The SMILES string of the molecule is CCCNC(=O)N(C)C[C@@H]1Oc2ncc(C#Cc3ccccc3F)cc2C(=O)N([C@@H](C)CO)C[C@H]1C. The van der Waals surface area contributed by atoms with Gasteiger partial charge in [-0.05, 0) is 31.5 Å². The van der Waals surface area contributed by atoms with E-state index in [1.807, 2.05) is 13.8 Å². The number of carbonyl (C=O) groups is 2. The van der Waals surface area contributed by atoms with Crippen LogP contribution in [0.5, 0.6) is 5.88 Å². The highest BCUT2D eigenvalue weighted by Crippen LogP contribution is 2.27. The number of amides is 3. The highest BCUT2D eigenvalue weighted by molar-refractivity contribution is 5.97. The minimum Gasteiger partial charge on any atom is -0.472 e. The van der Waals surface area contributed by atoms with Crippen molar-refractivity contribution >= 4 is 11.9 Å². The van der Waals surface area contributed by atoms with Gasteiger partial charge in [0.05, 0.1) is 24.8 Å². The van der Waals surface area contributed by atoms with E-state index in [0.717, 1.165) is 6.42 Å². The largest absolute Gasteiger partial charge is 0.472 e. The van der Waals surface area contributed by atoms with E-state index < -0.39 is 18.0 Å². The second-order valence-electron chi connectivity index (χ2n) is 9.04. The molecule has 36 heavy (non-hydrogen) atoms. The molecule has 2 heterocycles. The van der Waals surface area contributed by atoms with Crippen molar-refractivity contribution in [2.24, 2.45) is 5.92 Å². The number of nitrogens with one attached hydrogen (secondary N) is 1. The van der Waals surface area contributed by atoms with Crippen LogP contribution in [0.1, 0.15) is 48.7 Å². The van der Waals surface area contributed by atoms with Crippen LogP contribution in [0.2, 0.25) is 0 Å². The number of nitrogens with zero attached hydrogens (tertiary/aromatic N) is 3. The molecule has 0 saturated carbocycles. The van der Waals surface area contributed by atoms with Gasteiger partial charge in [-0.3, -0.25) is 4.79 Å². The molecule has 2 aromatic rings. The fraction of sp³-hybridized carbons (Fsp3) is 0.444. The number of hydrogen-bond donors (Lipinski definition) is 2. The molecule has 192 valence electrons. The monoisotopic (exact) mass is 496 g/mol. The molecule has 0 radical (unpaired) electrons. The molecule has 9 heteroatoms. The van der Waals surface area contributed by atoms with Gasteiger partial charge in [0.15, 0.2) is 0 Å². The Morgan fingerprint density at radius 1 is 1.39 bits per heavy atom. The molecule has 0 unspecified atom stereocenters. The summed E-state index contributed by atoms with van der Waals surface area (Å²) in [4.78, 5) is 33.4. The number of urea groups is 1. The Morgan fingerprint density at radius 2 is 2.14 bits per heavy atom. The first-order valence-corrected chi connectivity index (χ1v) is 12.1. The molecule has 0 bridgehead atoms. The van der Waals surface area contributed by atoms with Crippen LogP contribution >= 0.6 is 0 Å². The Kier molecular flexibility index (Phi) is 9.25. The topological polar surface area (TPSA) is 95.0 Å². The summed E-state index contributed by atoms with van der Waals surface area (Å²) in [5.74, 6) is 4.84. The van der Waals surface area contributed by atoms with Gasteiger partial charge in [0.1, 0.15) is 17.5 Å². The third-order valence-electron chi connectivity index (χ3n) is 6.06. The van der Waals surface area contributed by atoms with Crippen LogP contribution in [0.25, 0.3) is 0 Å². The van der Waals surface area contributed by atoms with Gasteiger partial charge in [0.2, 0.25) is 5.88 Å². The summed E-state index contributed by atoms with van der Waals surface area (Å²) in [5, 5.41) is 12.6. The first-order chi connectivity index (χ1) is 17.2. The first kappa shape index (κ1) is 27.0. The summed E-state index contributed by atoms with van der Waals surface area (Å²) in [7, 11) is 1.69. The van der Waals surface area contributed by atoms with Crippen molar-refractivity contribution in [3.63, 3.8) is 0 Å². The van der Waals surface area contributed by atoms with E-state index in [1.54, 1.807) is 48.0 Å². The average molecular weight is 497 g/mol. The van der Waals surface area contributed by atoms with Crippen molar-refractivity contribution in [1.82, 2.24) is 20.1 Å². The molecule has 3 atom stereocenters. The molecule has 3 amide bonds. The van der Waals surface area contributed by atoms with Crippen LogP contribution in [-0.2, 0) is 0 Å². The van der Waals surface area contributed by atoms with Gasteiger partial charge in [-0.2, -0.15) is 0 Å². The van der Waals surface area contributed by atoms with Gasteiger partial charge in [-0.25, -0.2) is 14.2 Å². The van der Waals surface area contributed by atoms with Gasteiger partial charge >= 0.3 is 6.03 Å². The second-order valence-corrected chi connectivity index (χ2v) is 9.04. The van der Waals surface area contributed by atoms with E-state index in [4.69, 9.17) is 4.74 Å². The molecule has 0 spiro atoms. The van der Waals surface area contributed by atoms with Crippen molar-refractivity contribution in [1.29, 1.82) is 0 Å². The summed E-state index contributed by atoms with van der Waals surface area (Å²) >= 11 is 0. The molecule has 0 fully saturated rings. The molecule has 1 aromatic heterocycles. The fourth-order valence-electron chi connectivity index (χ4n) is 3.81. The smallest absolute Gasteiger partial charge is 0.317 e. The number of rotatable bonds is 6. The highest BCUT2D eigenvalue weighted by atomic mass is 19.1. The Morgan fingerprint density at radius 3 is 2.83 bits per heavy atom. The van der Waals surface area contributed by atoms with Gasteiger partial charge in [0.25, 0.3) is 5.91 Å². The Balaban J connectivity index is 1.95. The molecule has 8 nitrogen and oxygen atoms in total. The fourth-order valence-corrected chi connectivity index (χ4v) is 3.81. The maximum absolute atomic E-state index is 14.0. The van der Waals surface area contributed by atoms with Crippen molar-refractivity contribution in [3.05, 3.63) is 59.0 Å². The van der Waals surface area contributed by atoms with Crippen molar-refractivity contribution in [3.8, 4) is 17.7 Å². The zero-order chi connectivity index (χ0) is 26.2. The summed E-state index contributed by atoms with van der Waals surface area (Å²) in [6.45, 7) is 6.64. The van der Waals surface area contributed by atoms with Crippen LogP contribution in [0.15, 0.2) is 36.5 Å². The summed E-state index contributed by atoms with van der Waals surface area (Å²) in [5.41, 5.74) is 0.859. The molecular formula is C27H33FN4O4. The summed E-state index contributed by atoms with van der Waals surface area (Å²) in [6.07, 6.45) is 1.84. The van der Waals surface area contributed by atoms with Crippen LogP contribution in [0, 0.1) is 23.6 Å². The van der Waals surface area contributed by atoms with E-state index in [9.17, 15) is 19.1 Å². The molecular weight excluding hydrogens is 463 g/mol. The number of likely N-dealkylation sites (N-methyl/N-ethyl adjacent to an activating group) is 1.